The highest BCUT2D eigenvalue weighted by Crippen LogP contribution is 2.37. The van der Waals surface area contributed by atoms with Gasteiger partial charge in [-0.25, -0.2) is 0 Å². The molecule has 0 saturated heterocycles. The second-order valence-electron chi connectivity index (χ2n) is 6.90. The second-order valence-corrected chi connectivity index (χ2v) is 7.95. The maximum atomic E-state index is 13.3. The Balaban J connectivity index is 1.60. The van der Waals surface area contributed by atoms with Crippen molar-refractivity contribution in [2.24, 2.45) is 0 Å². The van der Waals surface area contributed by atoms with Crippen LogP contribution in [0.3, 0.4) is 0 Å². The van der Waals surface area contributed by atoms with E-state index in [4.69, 9.17) is 4.74 Å². The number of rotatable bonds is 7. The normalized spacial score (nSPS) is 12.2. The van der Waals surface area contributed by atoms with Crippen LogP contribution < -0.4 is 5.32 Å². The van der Waals surface area contributed by atoms with E-state index in [0.29, 0.717) is 6.07 Å². The van der Waals surface area contributed by atoms with Gasteiger partial charge in [-0.2, -0.15) is 13.2 Å². The molecule has 3 aromatic carbocycles. The number of nitrogens with zero attached hydrogens (tertiary/aromatic N) is 1. The average Bonchev–Trinajstić information content (AvgIpc) is 2.76. The van der Waals surface area contributed by atoms with Crippen molar-refractivity contribution >= 4 is 45.8 Å². The molecule has 11 heteroatoms. The minimum Gasteiger partial charge on any atom is -0.452 e. The van der Waals surface area contributed by atoms with Gasteiger partial charge in [-0.15, -0.1) is 11.8 Å². The lowest BCUT2D eigenvalue weighted by atomic mass is 10.1. The maximum absolute atomic E-state index is 13.3. The zero-order chi connectivity index (χ0) is 24.2. The lowest BCUT2D eigenvalue weighted by Crippen LogP contribution is -2.31. The molecule has 7 nitrogen and oxygen atoms in total. The minimum atomic E-state index is -4.94. The number of nitro benzene ring substituents is 1. The van der Waals surface area contributed by atoms with Gasteiger partial charge in [0.2, 0.25) is 0 Å². The highest BCUT2D eigenvalue weighted by Gasteiger charge is 2.36. The number of nitro groups is 1. The molecule has 1 amide bonds. The van der Waals surface area contributed by atoms with Gasteiger partial charge in [0.05, 0.1) is 21.9 Å². The third-order valence-electron chi connectivity index (χ3n) is 4.53. The number of ether oxygens (including phenoxy) is 1. The summed E-state index contributed by atoms with van der Waals surface area (Å²) in [5, 5.41) is 14.8. The van der Waals surface area contributed by atoms with Crippen LogP contribution in [0, 0.1) is 10.1 Å². The number of hydrogen-bond acceptors (Lipinski definition) is 6. The first kappa shape index (κ1) is 24.1. The number of anilines is 1. The Morgan fingerprint density at radius 2 is 1.79 bits per heavy atom. The number of benzene rings is 3. The van der Waals surface area contributed by atoms with E-state index in [2.05, 4.69) is 0 Å². The van der Waals surface area contributed by atoms with E-state index in [0.717, 1.165) is 27.8 Å². The third kappa shape index (κ3) is 6.22. The Morgan fingerprint density at radius 1 is 1.09 bits per heavy atom. The Hall–Kier alpha value is -3.60. The average molecular weight is 478 g/mol. The van der Waals surface area contributed by atoms with E-state index in [-0.39, 0.29) is 5.75 Å². The summed E-state index contributed by atoms with van der Waals surface area (Å²) >= 11 is 1.19. The van der Waals surface area contributed by atoms with Crippen molar-refractivity contribution in [1.82, 2.24) is 0 Å². The fourth-order valence-electron chi connectivity index (χ4n) is 2.91. The summed E-state index contributed by atoms with van der Waals surface area (Å²) in [5.74, 6) is -1.84. The molecule has 33 heavy (non-hydrogen) atoms. The monoisotopic (exact) mass is 478 g/mol. The predicted molar refractivity (Wildman–Crippen MR) is 117 cm³/mol. The van der Waals surface area contributed by atoms with Crippen molar-refractivity contribution in [2.75, 3.05) is 11.1 Å². The standard InChI is InChI=1S/C22H17F3N2O5S/c1-13(21(29)26-19-9-7-16(27(30)31)11-18(19)22(23,24)25)32-20(28)12-33-17-8-6-14-4-2-3-5-15(14)10-17/h2-11,13H,12H2,1H3,(H,26,29). The summed E-state index contributed by atoms with van der Waals surface area (Å²) in [6.07, 6.45) is -6.32. The van der Waals surface area contributed by atoms with Gasteiger partial charge in [0.25, 0.3) is 11.6 Å². The molecule has 1 unspecified atom stereocenters. The molecule has 0 fully saturated rings. The van der Waals surface area contributed by atoms with E-state index in [1.807, 2.05) is 47.8 Å². The van der Waals surface area contributed by atoms with Gasteiger partial charge in [-0.3, -0.25) is 19.7 Å². The molecule has 0 aromatic heterocycles. The molecule has 0 bridgehead atoms. The smallest absolute Gasteiger partial charge is 0.418 e. The van der Waals surface area contributed by atoms with E-state index < -0.39 is 46.0 Å². The van der Waals surface area contributed by atoms with Crippen molar-refractivity contribution in [2.45, 2.75) is 24.1 Å². The van der Waals surface area contributed by atoms with Crippen LogP contribution in [0.15, 0.2) is 65.6 Å². The van der Waals surface area contributed by atoms with Crippen LogP contribution in [0.1, 0.15) is 12.5 Å². The molecule has 3 rings (SSSR count). The first-order valence-electron chi connectivity index (χ1n) is 9.52. The summed E-state index contributed by atoms with van der Waals surface area (Å²) in [4.78, 5) is 35.0. The number of halogens is 3. The largest absolute Gasteiger partial charge is 0.452 e. The fourth-order valence-corrected chi connectivity index (χ4v) is 3.63. The van der Waals surface area contributed by atoms with Crippen LogP contribution in [-0.2, 0) is 20.5 Å². The number of carbonyl (C=O) groups is 2. The molecule has 0 aliphatic heterocycles. The zero-order valence-electron chi connectivity index (χ0n) is 17.1. The Kier molecular flexibility index (Phi) is 7.22. The number of esters is 1. The van der Waals surface area contributed by atoms with Crippen molar-refractivity contribution in [1.29, 1.82) is 0 Å². The van der Waals surface area contributed by atoms with Gasteiger partial charge in [0, 0.05) is 17.0 Å². The molecule has 0 aliphatic rings. The molecule has 0 saturated carbocycles. The van der Waals surface area contributed by atoms with Gasteiger partial charge >= 0.3 is 12.1 Å². The molecule has 172 valence electrons. The van der Waals surface area contributed by atoms with Crippen LogP contribution >= 0.6 is 11.8 Å². The van der Waals surface area contributed by atoms with Crippen molar-refractivity contribution in [3.8, 4) is 0 Å². The predicted octanol–water partition coefficient (Wildman–Crippen LogP) is 5.43. The summed E-state index contributed by atoms with van der Waals surface area (Å²) < 4.78 is 44.8. The lowest BCUT2D eigenvalue weighted by Gasteiger charge is -2.17. The van der Waals surface area contributed by atoms with Crippen LogP contribution in [0.25, 0.3) is 10.8 Å². The first-order valence-corrected chi connectivity index (χ1v) is 10.5. The number of non-ortho nitro benzene ring substituents is 1. The number of alkyl halides is 3. The Morgan fingerprint density at radius 3 is 2.45 bits per heavy atom. The van der Waals surface area contributed by atoms with Gasteiger partial charge in [0.1, 0.15) is 0 Å². The van der Waals surface area contributed by atoms with Gasteiger partial charge in [-0.1, -0.05) is 30.3 Å². The van der Waals surface area contributed by atoms with Crippen molar-refractivity contribution < 1.29 is 32.4 Å². The molecule has 1 atom stereocenters. The van der Waals surface area contributed by atoms with E-state index in [1.165, 1.54) is 18.7 Å². The number of nitrogens with one attached hydrogen (secondary N) is 1. The zero-order valence-corrected chi connectivity index (χ0v) is 17.9. The second kappa shape index (κ2) is 9.90. The number of carbonyl (C=O) groups excluding carboxylic acids is 2. The van der Waals surface area contributed by atoms with Crippen LogP contribution in [0.5, 0.6) is 0 Å². The molecule has 3 aromatic rings. The molecular weight excluding hydrogens is 461 g/mol. The molecule has 0 radical (unpaired) electrons. The molecule has 0 aliphatic carbocycles. The molecular formula is C22H17F3N2O5S. The Bertz CT molecular complexity index is 1220. The summed E-state index contributed by atoms with van der Waals surface area (Å²) in [6.45, 7) is 1.21. The maximum Gasteiger partial charge on any atom is 0.418 e. The molecule has 0 spiro atoms. The number of hydrogen-bond donors (Lipinski definition) is 1. The summed E-state index contributed by atoms with van der Waals surface area (Å²) in [5.41, 5.74) is -2.83. The SMILES string of the molecule is CC(OC(=O)CSc1ccc2ccccc2c1)C(=O)Nc1ccc([N+](=O)[O-])cc1C(F)(F)F. The van der Waals surface area contributed by atoms with Crippen molar-refractivity contribution in [3.05, 3.63) is 76.3 Å². The van der Waals surface area contributed by atoms with Crippen LogP contribution in [0.2, 0.25) is 0 Å². The number of amides is 1. The van der Waals surface area contributed by atoms with Gasteiger partial charge in [0.15, 0.2) is 6.10 Å². The van der Waals surface area contributed by atoms with Gasteiger partial charge < -0.3 is 10.1 Å². The number of fused-ring (bicyclic) bond motifs is 1. The van der Waals surface area contributed by atoms with Crippen molar-refractivity contribution in [3.63, 3.8) is 0 Å². The highest BCUT2D eigenvalue weighted by molar-refractivity contribution is 8.00. The van der Waals surface area contributed by atoms with Crippen LogP contribution in [0.4, 0.5) is 24.5 Å². The summed E-state index contributed by atoms with van der Waals surface area (Å²) in [7, 11) is 0. The minimum absolute atomic E-state index is 0.110. The van der Waals surface area contributed by atoms with Crippen LogP contribution in [-0.4, -0.2) is 28.7 Å². The third-order valence-corrected chi connectivity index (χ3v) is 5.50. The topological polar surface area (TPSA) is 98.5 Å². The highest BCUT2D eigenvalue weighted by atomic mass is 32.2. The molecule has 1 N–H and O–H groups in total. The first-order chi connectivity index (χ1) is 15.5. The van der Waals surface area contributed by atoms with E-state index in [1.54, 1.807) is 0 Å². The summed E-state index contributed by atoms with van der Waals surface area (Å²) in [6, 6.07) is 15.3. The van der Waals surface area contributed by atoms with E-state index in [9.17, 15) is 32.9 Å². The quantitative estimate of drug-likeness (QED) is 0.210. The lowest BCUT2D eigenvalue weighted by molar-refractivity contribution is -0.385. The van der Waals surface area contributed by atoms with E-state index >= 15 is 0 Å². The number of thioether (sulfide) groups is 1. The van der Waals surface area contributed by atoms with Gasteiger partial charge in [-0.05, 0) is 35.9 Å². The molecule has 0 heterocycles. The Labute approximate surface area is 190 Å². The fraction of sp³-hybridized carbons (Fsp3) is 0.182.